The average Bonchev–Trinajstić information content (AvgIpc) is 3.37. The first-order valence-corrected chi connectivity index (χ1v) is 11.3. The van der Waals surface area contributed by atoms with Gasteiger partial charge in [0.1, 0.15) is 10.6 Å². The van der Waals surface area contributed by atoms with E-state index >= 15 is 0 Å². The summed E-state index contributed by atoms with van der Waals surface area (Å²) in [7, 11) is 0. The smallest absolute Gasteiger partial charge is 0.257 e. The second-order valence-corrected chi connectivity index (χ2v) is 8.75. The molecule has 13 heteroatoms. The molecule has 4 rings (SSSR count). The van der Waals surface area contributed by atoms with E-state index in [1.54, 1.807) is 17.1 Å². The zero-order valence-electron chi connectivity index (χ0n) is 16.8. The third-order valence-electron chi connectivity index (χ3n) is 4.82. The van der Waals surface area contributed by atoms with Crippen molar-refractivity contribution in [2.75, 3.05) is 38.0 Å². The van der Waals surface area contributed by atoms with E-state index in [0.29, 0.717) is 12.2 Å². The van der Waals surface area contributed by atoms with Gasteiger partial charge in [-0.2, -0.15) is 9.47 Å². The first-order chi connectivity index (χ1) is 15.4. The van der Waals surface area contributed by atoms with Crippen LogP contribution >= 0.6 is 27.5 Å². The molecule has 1 saturated heterocycles. The molecule has 1 aliphatic rings. The minimum atomic E-state index is -0.944. The topological polar surface area (TPSA) is 110 Å². The first-order valence-electron chi connectivity index (χ1n) is 9.75. The molecule has 1 amide bonds. The lowest BCUT2D eigenvalue weighted by molar-refractivity contribution is 0.0998. The summed E-state index contributed by atoms with van der Waals surface area (Å²) in [4.78, 5) is 14.4. The fraction of sp³-hybridized carbons (Fsp3) is 0.316. The molecule has 3 heterocycles. The van der Waals surface area contributed by atoms with E-state index < -0.39 is 23.3 Å². The van der Waals surface area contributed by atoms with Crippen LogP contribution in [0.3, 0.4) is 0 Å². The Morgan fingerprint density at radius 3 is 2.69 bits per heavy atom. The van der Waals surface area contributed by atoms with Crippen LogP contribution < -0.4 is 21.1 Å². The van der Waals surface area contributed by atoms with Crippen LogP contribution in [0.4, 0.5) is 19.5 Å². The van der Waals surface area contributed by atoms with Crippen LogP contribution in [-0.2, 0) is 6.54 Å². The van der Waals surface area contributed by atoms with E-state index in [1.165, 1.54) is 0 Å². The molecule has 1 fully saturated rings. The predicted octanol–water partition coefficient (Wildman–Crippen LogP) is 2.92. The molecule has 3 aromatic rings. The Hall–Kier alpha value is -2.61. The van der Waals surface area contributed by atoms with Crippen molar-refractivity contribution in [3.63, 3.8) is 0 Å². The maximum absolute atomic E-state index is 14.1. The summed E-state index contributed by atoms with van der Waals surface area (Å²) in [5.41, 5.74) is 5.99. The number of nitrogens with zero attached hydrogens (tertiary/aromatic N) is 4. The summed E-state index contributed by atoms with van der Waals surface area (Å²) in [6, 6.07) is 2.09. The largest absolute Gasteiger partial charge is 0.431 e. The van der Waals surface area contributed by atoms with Gasteiger partial charge in [-0.3, -0.25) is 14.4 Å². The number of nitrogens with one attached hydrogen (secondary N) is 2. The van der Waals surface area contributed by atoms with E-state index in [0.717, 1.165) is 56.4 Å². The number of benzene rings is 1. The lowest BCUT2D eigenvalue weighted by Crippen LogP contribution is -2.44. The van der Waals surface area contributed by atoms with E-state index in [-0.39, 0.29) is 20.9 Å². The van der Waals surface area contributed by atoms with Crippen molar-refractivity contribution in [1.82, 2.24) is 24.4 Å². The molecule has 0 unspecified atom stereocenters. The van der Waals surface area contributed by atoms with Gasteiger partial charge in [0.05, 0.1) is 18.4 Å². The number of hydrogen-bond donors (Lipinski definition) is 3. The molecular formula is C19H20BrF2N7O2S. The molecule has 2 aromatic heterocycles. The van der Waals surface area contributed by atoms with E-state index in [4.69, 9.17) is 10.5 Å². The van der Waals surface area contributed by atoms with Crippen molar-refractivity contribution in [3.8, 4) is 11.6 Å². The molecule has 4 N–H and O–H groups in total. The van der Waals surface area contributed by atoms with Gasteiger partial charge in [-0.25, -0.2) is 8.78 Å². The molecule has 0 aliphatic carbocycles. The minimum Gasteiger partial charge on any atom is -0.431 e. The van der Waals surface area contributed by atoms with Gasteiger partial charge in [0.15, 0.2) is 11.6 Å². The lowest BCUT2D eigenvalue weighted by atomic mass is 10.3. The quantitative estimate of drug-likeness (QED) is 0.413. The number of primary amides is 1. The third-order valence-corrected chi connectivity index (χ3v) is 6.02. The molecule has 1 aromatic carbocycles. The number of aromatic nitrogens is 3. The van der Waals surface area contributed by atoms with E-state index in [1.807, 2.05) is 0 Å². The van der Waals surface area contributed by atoms with Crippen molar-refractivity contribution in [3.05, 3.63) is 46.2 Å². The van der Waals surface area contributed by atoms with Gasteiger partial charge in [0, 0.05) is 43.4 Å². The van der Waals surface area contributed by atoms with Crippen LogP contribution in [0.1, 0.15) is 10.4 Å². The van der Waals surface area contributed by atoms with Gasteiger partial charge >= 0.3 is 0 Å². The summed E-state index contributed by atoms with van der Waals surface area (Å²) < 4.78 is 39.5. The molecule has 0 radical (unpaired) electrons. The number of nitrogens with two attached hydrogens (primary N) is 1. The number of anilines is 2. The summed E-state index contributed by atoms with van der Waals surface area (Å²) in [6.07, 6.45) is 3.40. The first kappa shape index (κ1) is 22.6. The summed E-state index contributed by atoms with van der Waals surface area (Å²) in [5, 5.41) is 11.0. The van der Waals surface area contributed by atoms with Crippen molar-refractivity contribution >= 4 is 44.1 Å². The molecule has 170 valence electrons. The Kier molecular flexibility index (Phi) is 6.98. The van der Waals surface area contributed by atoms with Crippen LogP contribution in [0, 0.1) is 11.6 Å². The number of ether oxygens (including phenoxy) is 1. The zero-order valence-corrected chi connectivity index (χ0v) is 19.2. The standard InChI is InChI=1S/C19H20BrF2N7O2S/c20-11-7-13(21)16(14(22)8-11)31-18-15(17(23)30)19(32-27-18)26-12-9-25-29(10-12)6-5-28-3-1-24-2-4-28/h7-10,24,26H,1-6H2,(H2,23,30). The number of hydrogen-bond acceptors (Lipinski definition) is 8. The SMILES string of the molecule is NC(=O)c1c(Oc2c(F)cc(Br)cc2F)nsc1Nc1cnn(CCN2CCNCC2)c1. The predicted molar refractivity (Wildman–Crippen MR) is 120 cm³/mol. The van der Waals surface area contributed by atoms with E-state index in [2.05, 4.69) is 40.9 Å². The maximum atomic E-state index is 14.1. The van der Waals surface area contributed by atoms with Crippen LogP contribution in [0.15, 0.2) is 29.0 Å². The fourth-order valence-electron chi connectivity index (χ4n) is 3.23. The van der Waals surface area contributed by atoms with Crippen LogP contribution in [-0.4, -0.2) is 57.7 Å². The number of piperazine rings is 1. The fourth-order valence-corrected chi connectivity index (χ4v) is 4.38. The van der Waals surface area contributed by atoms with Crippen molar-refractivity contribution in [2.45, 2.75) is 6.54 Å². The molecule has 9 nitrogen and oxygen atoms in total. The number of halogens is 3. The summed E-state index contributed by atoms with van der Waals surface area (Å²) in [6.45, 7) is 5.54. The Morgan fingerprint density at radius 2 is 2.00 bits per heavy atom. The Labute approximate surface area is 194 Å². The maximum Gasteiger partial charge on any atom is 0.257 e. The van der Waals surface area contributed by atoms with Crippen molar-refractivity contribution in [1.29, 1.82) is 0 Å². The molecule has 32 heavy (non-hydrogen) atoms. The highest BCUT2D eigenvalue weighted by atomic mass is 79.9. The Morgan fingerprint density at radius 1 is 1.28 bits per heavy atom. The monoisotopic (exact) mass is 527 g/mol. The highest BCUT2D eigenvalue weighted by molar-refractivity contribution is 9.10. The van der Waals surface area contributed by atoms with Crippen LogP contribution in [0.25, 0.3) is 0 Å². The third kappa shape index (κ3) is 5.23. The lowest BCUT2D eigenvalue weighted by Gasteiger charge is -2.26. The highest BCUT2D eigenvalue weighted by Gasteiger charge is 2.24. The summed E-state index contributed by atoms with van der Waals surface area (Å²) >= 11 is 3.89. The zero-order chi connectivity index (χ0) is 22.7. The normalized spacial score (nSPS) is 14.5. The highest BCUT2D eigenvalue weighted by Crippen LogP contribution is 2.37. The minimum absolute atomic E-state index is 0.106. The average molecular weight is 528 g/mol. The van der Waals surface area contributed by atoms with E-state index in [9.17, 15) is 13.6 Å². The van der Waals surface area contributed by atoms with Crippen LogP contribution in [0.5, 0.6) is 11.6 Å². The van der Waals surface area contributed by atoms with Crippen molar-refractivity contribution < 1.29 is 18.3 Å². The number of amides is 1. The van der Waals surface area contributed by atoms with Gasteiger partial charge in [-0.15, -0.1) is 0 Å². The Bertz CT molecular complexity index is 1090. The van der Waals surface area contributed by atoms with Gasteiger partial charge in [0.25, 0.3) is 5.91 Å². The number of rotatable bonds is 8. The van der Waals surface area contributed by atoms with Gasteiger partial charge < -0.3 is 21.1 Å². The van der Waals surface area contributed by atoms with Crippen molar-refractivity contribution in [2.24, 2.45) is 5.73 Å². The summed E-state index contributed by atoms with van der Waals surface area (Å²) in [5.74, 6) is -3.69. The second-order valence-electron chi connectivity index (χ2n) is 7.07. The number of carbonyl (C=O) groups excluding carboxylic acids is 1. The van der Waals surface area contributed by atoms with Gasteiger partial charge in [0.2, 0.25) is 11.6 Å². The molecular weight excluding hydrogens is 508 g/mol. The van der Waals surface area contributed by atoms with Gasteiger partial charge in [-0.1, -0.05) is 15.9 Å². The molecule has 0 atom stereocenters. The second kappa shape index (κ2) is 9.90. The molecule has 0 bridgehead atoms. The molecule has 0 saturated carbocycles. The Balaban J connectivity index is 1.47. The molecule has 1 aliphatic heterocycles. The molecule has 0 spiro atoms. The van der Waals surface area contributed by atoms with Gasteiger partial charge in [-0.05, 0) is 23.7 Å². The number of carbonyl (C=O) groups is 1. The van der Waals surface area contributed by atoms with Crippen LogP contribution in [0.2, 0.25) is 0 Å².